The molecule has 0 saturated carbocycles. The van der Waals surface area contributed by atoms with Crippen molar-refractivity contribution in [1.29, 1.82) is 0 Å². The molecule has 0 aliphatic heterocycles. The molecule has 1 rings (SSSR count). The molecule has 0 radical (unpaired) electrons. The second-order valence-corrected chi connectivity index (χ2v) is 4.35. The zero-order chi connectivity index (χ0) is 14.4. The monoisotopic (exact) mass is 286 g/mol. The van der Waals surface area contributed by atoms with Crippen LogP contribution in [0.4, 0.5) is 5.82 Å². The molecule has 1 aromatic heterocycles. The molecule has 0 bridgehead atoms. The summed E-state index contributed by atoms with van der Waals surface area (Å²) in [7, 11) is 1.68. The molecule has 0 spiro atoms. The van der Waals surface area contributed by atoms with Crippen molar-refractivity contribution in [3.8, 4) is 0 Å². The molecular formula is C11H15ClN4O3. The summed E-state index contributed by atoms with van der Waals surface area (Å²) in [5.74, 6) is -0.664. The third-order valence-corrected chi connectivity index (χ3v) is 2.53. The molecule has 0 fully saturated rings. The van der Waals surface area contributed by atoms with Gasteiger partial charge in [-0.1, -0.05) is 11.6 Å². The van der Waals surface area contributed by atoms with E-state index in [1.165, 1.54) is 6.20 Å². The van der Waals surface area contributed by atoms with Crippen molar-refractivity contribution < 1.29 is 14.7 Å². The van der Waals surface area contributed by atoms with E-state index in [-0.39, 0.29) is 19.0 Å². The molecule has 104 valence electrons. The van der Waals surface area contributed by atoms with E-state index >= 15 is 0 Å². The summed E-state index contributed by atoms with van der Waals surface area (Å²) in [5, 5.41) is 12.0. The topological polar surface area (TPSA) is 109 Å². The van der Waals surface area contributed by atoms with Crippen molar-refractivity contribution in [3.05, 3.63) is 23.4 Å². The number of aliphatic hydroxyl groups is 1. The minimum Gasteiger partial charge on any atom is -0.381 e. The highest BCUT2D eigenvalue weighted by Gasteiger charge is 2.13. The largest absolute Gasteiger partial charge is 0.381 e. The van der Waals surface area contributed by atoms with Crippen LogP contribution in [-0.2, 0) is 9.59 Å². The first-order valence-electron chi connectivity index (χ1n) is 5.47. The maximum absolute atomic E-state index is 11.6. The van der Waals surface area contributed by atoms with Crippen molar-refractivity contribution >= 4 is 29.2 Å². The van der Waals surface area contributed by atoms with Crippen LogP contribution in [0, 0.1) is 0 Å². The SMILES string of the molecule is CN(CC(=O)NCC(O)C(N)=O)c1ccc(Cl)cn1. The van der Waals surface area contributed by atoms with Gasteiger partial charge in [0.2, 0.25) is 11.8 Å². The average Bonchev–Trinajstić information content (AvgIpc) is 2.36. The van der Waals surface area contributed by atoms with E-state index in [1.807, 2.05) is 0 Å². The van der Waals surface area contributed by atoms with Crippen LogP contribution >= 0.6 is 11.6 Å². The maximum atomic E-state index is 11.6. The van der Waals surface area contributed by atoms with Gasteiger partial charge in [-0.3, -0.25) is 9.59 Å². The molecule has 0 aromatic carbocycles. The lowest BCUT2D eigenvalue weighted by atomic mass is 10.3. The van der Waals surface area contributed by atoms with Gasteiger partial charge in [0.15, 0.2) is 0 Å². The molecule has 1 unspecified atom stereocenters. The Kier molecular flexibility index (Phi) is 5.53. The van der Waals surface area contributed by atoms with Crippen LogP contribution < -0.4 is 16.0 Å². The van der Waals surface area contributed by atoms with Gasteiger partial charge < -0.3 is 21.1 Å². The van der Waals surface area contributed by atoms with Crippen molar-refractivity contribution in [3.63, 3.8) is 0 Å². The number of carbonyl (C=O) groups excluding carboxylic acids is 2. The number of hydrogen-bond donors (Lipinski definition) is 3. The van der Waals surface area contributed by atoms with Crippen molar-refractivity contribution in [1.82, 2.24) is 10.3 Å². The van der Waals surface area contributed by atoms with E-state index in [4.69, 9.17) is 22.4 Å². The second kappa shape index (κ2) is 6.91. The number of primary amides is 1. The van der Waals surface area contributed by atoms with E-state index in [0.29, 0.717) is 10.8 Å². The summed E-state index contributed by atoms with van der Waals surface area (Å²) in [6.45, 7) is -0.184. The second-order valence-electron chi connectivity index (χ2n) is 3.91. The fourth-order valence-electron chi connectivity index (χ4n) is 1.26. The zero-order valence-corrected chi connectivity index (χ0v) is 11.1. The number of halogens is 1. The highest BCUT2D eigenvalue weighted by molar-refractivity contribution is 6.30. The molecule has 19 heavy (non-hydrogen) atoms. The van der Waals surface area contributed by atoms with E-state index in [0.717, 1.165) is 0 Å². The van der Waals surface area contributed by atoms with Crippen LogP contribution in [0.5, 0.6) is 0 Å². The van der Waals surface area contributed by atoms with Crippen LogP contribution in [0.15, 0.2) is 18.3 Å². The Hall–Kier alpha value is -1.86. The van der Waals surface area contributed by atoms with E-state index in [2.05, 4.69) is 10.3 Å². The first kappa shape index (κ1) is 15.2. The standard InChI is InChI=1S/C11H15ClN4O3/c1-16(9-3-2-7(12)4-14-9)6-10(18)15-5-8(17)11(13)19/h2-4,8,17H,5-6H2,1H3,(H2,13,19)(H,15,18). The minimum atomic E-state index is -1.39. The van der Waals surface area contributed by atoms with Gasteiger partial charge in [-0.05, 0) is 12.1 Å². The Bertz CT molecular complexity index is 452. The number of hydrogen-bond acceptors (Lipinski definition) is 5. The van der Waals surface area contributed by atoms with Gasteiger partial charge in [-0.25, -0.2) is 4.98 Å². The number of rotatable bonds is 6. The van der Waals surface area contributed by atoms with Gasteiger partial charge in [0.25, 0.3) is 0 Å². The highest BCUT2D eigenvalue weighted by atomic mass is 35.5. The normalized spacial score (nSPS) is 11.7. The highest BCUT2D eigenvalue weighted by Crippen LogP contribution is 2.12. The molecule has 0 aliphatic carbocycles. The molecule has 1 aromatic rings. The van der Waals surface area contributed by atoms with E-state index in [9.17, 15) is 9.59 Å². The zero-order valence-electron chi connectivity index (χ0n) is 10.3. The first-order valence-corrected chi connectivity index (χ1v) is 5.84. The van der Waals surface area contributed by atoms with Crippen LogP contribution in [-0.4, -0.2) is 48.1 Å². The number of carbonyl (C=O) groups is 2. The van der Waals surface area contributed by atoms with E-state index in [1.54, 1.807) is 24.1 Å². The van der Waals surface area contributed by atoms with Gasteiger partial charge in [0.1, 0.15) is 11.9 Å². The van der Waals surface area contributed by atoms with E-state index < -0.39 is 12.0 Å². The molecule has 0 aliphatic rings. The minimum absolute atomic E-state index is 0.0279. The summed E-state index contributed by atoms with van der Waals surface area (Å²) in [6, 6.07) is 3.34. The van der Waals surface area contributed by atoms with Gasteiger partial charge in [0.05, 0.1) is 18.1 Å². The summed E-state index contributed by atoms with van der Waals surface area (Å²) < 4.78 is 0. The fraction of sp³-hybridized carbons (Fsp3) is 0.364. The molecule has 8 heteroatoms. The molecule has 0 saturated heterocycles. The predicted molar refractivity (Wildman–Crippen MR) is 70.7 cm³/mol. The summed E-state index contributed by atoms with van der Waals surface area (Å²) in [5.41, 5.74) is 4.86. The lowest BCUT2D eigenvalue weighted by Gasteiger charge is -2.18. The Morgan fingerprint density at radius 3 is 2.79 bits per heavy atom. The number of likely N-dealkylation sites (N-methyl/N-ethyl adjacent to an activating group) is 1. The van der Waals surface area contributed by atoms with Crippen LogP contribution in [0.2, 0.25) is 5.02 Å². The number of anilines is 1. The summed E-state index contributed by atoms with van der Waals surface area (Å²) >= 11 is 5.70. The number of amides is 2. The molecule has 4 N–H and O–H groups in total. The third-order valence-electron chi connectivity index (χ3n) is 2.30. The third kappa shape index (κ3) is 5.11. The van der Waals surface area contributed by atoms with Gasteiger partial charge in [-0.15, -0.1) is 0 Å². The lowest BCUT2D eigenvalue weighted by molar-refractivity contribution is -0.126. The van der Waals surface area contributed by atoms with Crippen molar-refractivity contribution in [2.75, 3.05) is 25.0 Å². The maximum Gasteiger partial charge on any atom is 0.248 e. The molecular weight excluding hydrogens is 272 g/mol. The fourth-order valence-corrected chi connectivity index (χ4v) is 1.37. The van der Waals surface area contributed by atoms with Crippen LogP contribution in [0.3, 0.4) is 0 Å². The number of aromatic nitrogens is 1. The number of nitrogens with one attached hydrogen (secondary N) is 1. The first-order chi connectivity index (χ1) is 8.90. The van der Waals surface area contributed by atoms with Gasteiger partial charge >= 0.3 is 0 Å². The molecule has 1 atom stereocenters. The Balaban J connectivity index is 2.44. The van der Waals surface area contributed by atoms with Gasteiger partial charge in [0, 0.05) is 13.2 Å². The van der Waals surface area contributed by atoms with Crippen molar-refractivity contribution in [2.24, 2.45) is 5.73 Å². The van der Waals surface area contributed by atoms with Crippen molar-refractivity contribution in [2.45, 2.75) is 6.10 Å². The lowest BCUT2D eigenvalue weighted by Crippen LogP contribution is -2.43. The summed E-state index contributed by atoms with van der Waals surface area (Å²) in [4.78, 5) is 27.8. The number of aliphatic hydroxyl groups excluding tert-OH is 1. The Morgan fingerprint density at radius 1 is 1.58 bits per heavy atom. The molecule has 7 nitrogen and oxygen atoms in total. The molecule has 2 amide bonds. The number of nitrogens with two attached hydrogens (primary N) is 1. The predicted octanol–water partition coefficient (Wildman–Crippen LogP) is -0.866. The Labute approximate surface area is 115 Å². The molecule has 1 heterocycles. The quantitative estimate of drug-likeness (QED) is 0.630. The Morgan fingerprint density at radius 2 is 2.26 bits per heavy atom. The average molecular weight is 287 g/mol. The van der Waals surface area contributed by atoms with Crippen LogP contribution in [0.25, 0.3) is 0 Å². The summed E-state index contributed by atoms with van der Waals surface area (Å²) in [6.07, 6.45) is 0.0882. The number of pyridine rings is 1. The van der Waals surface area contributed by atoms with Crippen LogP contribution in [0.1, 0.15) is 0 Å². The smallest absolute Gasteiger partial charge is 0.248 e. The van der Waals surface area contributed by atoms with Gasteiger partial charge in [-0.2, -0.15) is 0 Å². The number of nitrogens with zero attached hydrogens (tertiary/aromatic N) is 2.